The van der Waals surface area contributed by atoms with Crippen LogP contribution in [0, 0.1) is 0 Å². The molecule has 0 aliphatic rings. The second-order valence-electron chi connectivity index (χ2n) is 5.43. The molecule has 2 aromatic heterocycles. The van der Waals surface area contributed by atoms with Gasteiger partial charge in [0.2, 0.25) is 0 Å². The van der Waals surface area contributed by atoms with E-state index in [4.69, 9.17) is 5.11 Å². The number of thiophene rings is 1. The van der Waals surface area contributed by atoms with Crippen LogP contribution in [0.5, 0.6) is 0 Å². The smallest absolute Gasteiger partial charge is 0.458 e. The molecule has 2 aromatic rings. The molecular formula is C15H13F5N2O4S2. The first-order valence-electron chi connectivity index (χ1n) is 7.54. The number of carboxylic acids is 1. The van der Waals surface area contributed by atoms with E-state index >= 15 is 0 Å². The maximum Gasteiger partial charge on any atom is 0.458 e. The fourth-order valence-electron chi connectivity index (χ4n) is 2.13. The van der Waals surface area contributed by atoms with Crippen LogP contribution in [0.15, 0.2) is 29.3 Å². The van der Waals surface area contributed by atoms with E-state index in [0.717, 1.165) is 0 Å². The van der Waals surface area contributed by atoms with E-state index in [0.29, 0.717) is 0 Å². The maximum absolute atomic E-state index is 13.5. The molecule has 0 saturated heterocycles. The Kier molecular flexibility index (Phi) is 5.99. The lowest BCUT2D eigenvalue weighted by Crippen LogP contribution is -2.32. The topological polar surface area (TPSA) is 96.4 Å². The number of hydrogen-bond acceptors (Lipinski definition) is 6. The van der Waals surface area contributed by atoms with Crippen LogP contribution in [0.2, 0.25) is 0 Å². The first-order valence-corrected chi connectivity index (χ1v) is 10.0. The summed E-state index contributed by atoms with van der Waals surface area (Å²) in [5.74, 6) is -7.34. The zero-order valence-corrected chi connectivity index (χ0v) is 15.7. The van der Waals surface area contributed by atoms with Crippen molar-refractivity contribution in [3.05, 3.63) is 39.7 Å². The molecule has 2 heterocycles. The lowest BCUT2D eigenvalue weighted by Gasteiger charge is -2.17. The van der Waals surface area contributed by atoms with E-state index in [1.807, 2.05) is 0 Å². The summed E-state index contributed by atoms with van der Waals surface area (Å²) in [5.41, 5.74) is -0.743. The van der Waals surface area contributed by atoms with Gasteiger partial charge in [-0.15, -0.1) is 11.3 Å². The second-order valence-corrected chi connectivity index (χ2v) is 8.82. The highest BCUT2D eigenvalue weighted by Crippen LogP contribution is 2.47. The Bertz CT molecular complexity index is 987. The number of carboxylic acid groups (broad SMARTS) is 1. The monoisotopic (exact) mass is 444 g/mol. The van der Waals surface area contributed by atoms with Gasteiger partial charge >= 0.3 is 18.1 Å². The summed E-state index contributed by atoms with van der Waals surface area (Å²) in [6.07, 6.45) is -4.64. The molecule has 154 valence electrons. The Labute approximate surface area is 159 Å². The van der Waals surface area contributed by atoms with Crippen LogP contribution in [-0.2, 0) is 22.3 Å². The van der Waals surface area contributed by atoms with Gasteiger partial charge in [0.25, 0.3) is 0 Å². The van der Waals surface area contributed by atoms with Gasteiger partial charge in [0, 0.05) is 11.1 Å². The summed E-state index contributed by atoms with van der Waals surface area (Å²) in [7, 11) is -3.70. The van der Waals surface area contributed by atoms with Gasteiger partial charge < -0.3 is 10.4 Å². The van der Waals surface area contributed by atoms with Gasteiger partial charge in [0.05, 0.1) is 22.7 Å². The molecule has 0 unspecified atom stereocenters. The summed E-state index contributed by atoms with van der Waals surface area (Å²) in [5, 5.41) is 11.6. The van der Waals surface area contributed by atoms with Crippen molar-refractivity contribution in [2.45, 2.75) is 30.5 Å². The Balaban J connectivity index is 2.40. The zero-order chi connectivity index (χ0) is 21.3. The molecule has 13 heteroatoms. The number of alkyl halides is 5. The lowest BCUT2D eigenvalue weighted by molar-refractivity contribution is -0.287. The fourth-order valence-corrected chi connectivity index (χ4v) is 4.23. The molecule has 0 radical (unpaired) electrons. The summed E-state index contributed by atoms with van der Waals surface area (Å²) >= 11 is -0.0306. The SMILES string of the molecule is CCS(=O)(=O)c1cccnc1NCc1sc(C(F)(F)C(F)(F)F)cc1C(=O)O. The van der Waals surface area contributed by atoms with Crippen LogP contribution in [0.25, 0.3) is 0 Å². The molecule has 28 heavy (non-hydrogen) atoms. The highest BCUT2D eigenvalue weighted by molar-refractivity contribution is 7.91. The van der Waals surface area contributed by atoms with E-state index < -0.39 is 44.9 Å². The molecule has 0 saturated carbocycles. The number of nitrogens with zero attached hydrogens (tertiary/aromatic N) is 1. The number of sulfone groups is 1. The first-order chi connectivity index (χ1) is 12.8. The summed E-state index contributed by atoms with van der Waals surface area (Å²) < 4.78 is 88.8. The lowest BCUT2D eigenvalue weighted by atomic mass is 10.2. The fraction of sp³-hybridized carbons (Fsp3) is 0.333. The van der Waals surface area contributed by atoms with E-state index in [2.05, 4.69) is 10.3 Å². The van der Waals surface area contributed by atoms with Gasteiger partial charge in [-0.05, 0) is 18.2 Å². The normalized spacial score (nSPS) is 12.8. The van der Waals surface area contributed by atoms with Gasteiger partial charge in [-0.25, -0.2) is 18.2 Å². The van der Waals surface area contributed by atoms with Crippen molar-refractivity contribution in [3.63, 3.8) is 0 Å². The maximum atomic E-state index is 13.5. The molecule has 6 nitrogen and oxygen atoms in total. The number of pyridine rings is 1. The molecule has 0 aromatic carbocycles. The van der Waals surface area contributed by atoms with Gasteiger partial charge in [-0.2, -0.15) is 22.0 Å². The van der Waals surface area contributed by atoms with Crippen LogP contribution in [0.1, 0.15) is 27.0 Å². The zero-order valence-electron chi connectivity index (χ0n) is 14.0. The van der Waals surface area contributed by atoms with Crippen molar-refractivity contribution < 1.29 is 40.3 Å². The van der Waals surface area contributed by atoms with E-state index in [1.54, 1.807) is 0 Å². The first kappa shape index (κ1) is 22.0. The molecule has 0 aliphatic carbocycles. The predicted molar refractivity (Wildman–Crippen MR) is 90.5 cm³/mol. The largest absolute Gasteiger partial charge is 0.478 e. The van der Waals surface area contributed by atoms with E-state index in [1.165, 1.54) is 25.3 Å². The molecular weight excluding hydrogens is 431 g/mol. The van der Waals surface area contributed by atoms with Crippen LogP contribution in [0.3, 0.4) is 0 Å². The van der Waals surface area contributed by atoms with Gasteiger partial charge in [0.15, 0.2) is 9.84 Å². The van der Waals surface area contributed by atoms with Crippen LogP contribution >= 0.6 is 11.3 Å². The predicted octanol–water partition coefficient (Wildman–Crippen LogP) is 3.90. The molecule has 0 fully saturated rings. The molecule has 0 bridgehead atoms. The third kappa shape index (κ3) is 4.24. The molecule has 0 atom stereocenters. The third-order valence-corrected chi connectivity index (χ3v) is 6.57. The molecule has 0 amide bonds. The van der Waals surface area contributed by atoms with Crippen molar-refractivity contribution in [2.75, 3.05) is 11.1 Å². The Hall–Kier alpha value is -2.28. The minimum Gasteiger partial charge on any atom is -0.478 e. The molecule has 2 rings (SSSR count). The number of aromatic nitrogens is 1. The van der Waals surface area contributed by atoms with E-state index in [-0.39, 0.29) is 38.7 Å². The average molecular weight is 444 g/mol. The Morgan fingerprint density at radius 1 is 1.29 bits per heavy atom. The van der Waals surface area contributed by atoms with Crippen molar-refractivity contribution >= 4 is 33.0 Å². The van der Waals surface area contributed by atoms with Crippen LogP contribution in [0.4, 0.5) is 27.8 Å². The quantitative estimate of drug-likeness (QED) is 0.629. The average Bonchev–Trinajstić information content (AvgIpc) is 3.04. The summed E-state index contributed by atoms with van der Waals surface area (Å²) in [6.45, 7) is 0.878. The van der Waals surface area contributed by atoms with Crippen molar-refractivity contribution in [2.24, 2.45) is 0 Å². The molecule has 0 spiro atoms. The molecule has 2 N–H and O–H groups in total. The van der Waals surface area contributed by atoms with Crippen molar-refractivity contribution in [1.29, 1.82) is 0 Å². The second kappa shape index (κ2) is 7.62. The third-order valence-electron chi connectivity index (χ3n) is 3.61. The Morgan fingerprint density at radius 3 is 2.46 bits per heavy atom. The molecule has 0 aliphatic heterocycles. The number of hydrogen-bond donors (Lipinski definition) is 2. The highest BCUT2D eigenvalue weighted by atomic mass is 32.2. The van der Waals surface area contributed by atoms with Crippen LogP contribution in [-0.4, -0.2) is 36.4 Å². The minimum atomic E-state index is -5.89. The van der Waals surface area contributed by atoms with Crippen LogP contribution < -0.4 is 5.32 Å². The number of rotatable bonds is 7. The number of anilines is 1. The van der Waals surface area contributed by atoms with Gasteiger partial charge in [-0.1, -0.05) is 6.92 Å². The summed E-state index contributed by atoms with van der Waals surface area (Å²) in [6, 6.07) is 2.85. The number of nitrogens with one attached hydrogen (secondary N) is 1. The standard InChI is InChI=1S/C15H13F5N2O4S2/c1-2-28(25,26)10-4-3-5-21-12(10)22-7-9-8(13(23)24)6-11(27-9)14(16,17)15(18,19)20/h3-6H,2,7H2,1H3,(H,21,22)(H,23,24). The van der Waals surface area contributed by atoms with E-state index in [9.17, 15) is 35.2 Å². The van der Waals surface area contributed by atoms with Crippen molar-refractivity contribution in [1.82, 2.24) is 4.98 Å². The summed E-state index contributed by atoms with van der Waals surface area (Å²) in [4.78, 5) is 13.0. The van der Waals surface area contributed by atoms with Crippen molar-refractivity contribution in [3.8, 4) is 0 Å². The van der Waals surface area contributed by atoms with Gasteiger partial charge in [-0.3, -0.25) is 0 Å². The highest BCUT2D eigenvalue weighted by Gasteiger charge is 2.60. The number of halogens is 5. The minimum absolute atomic E-state index is 0.0306. The van der Waals surface area contributed by atoms with Gasteiger partial charge in [0.1, 0.15) is 10.7 Å². The number of aromatic carboxylic acids is 1. The number of carbonyl (C=O) groups is 1. The Morgan fingerprint density at radius 2 is 1.93 bits per heavy atom.